The zero-order valence-electron chi connectivity index (χ0n) is 24.7. The van der Waals surface area contributed by atoms with E-state index in [-0.39, 0.29) is 17.4 Å². The molecule has 0 spiro atoms. The predicted octanol–water partition coefficient (Wildman–Crippen LogP) is 7.03. The van der Waals surface area contributed by atoms with E-state index in [1.54, 1.807) is 0 Å². The lowest BCUT2D eigenvalue weighted by Gasteiger charge is -2.43. The summed E-state index contributed by atoms with van der Waals surface area (Å²) in [6.07, 6.45) is 6.10. The maximum absolute atomic E-state index is 7.24. The van der Waals surface area contributed by atoms with E-state index in [9.17, 15) is 0 Å². The molecule has 4 rings (SSSR count). The summed E-state index contributed by atoms with van der Waals surface area (Å²) in [5, 5.41) is 2.46. The lowest BCUT2D eigenvalue weighted by molar-refractivity contribution is -0.161. The zero-order valence-corrected chi connectivity index (χ0v) is 25.7. The molecule has 1 saturated heterocycles. The number of benzene rings is 3. The molecule has 0 N–H and O–H groups in total. The Morgan fingerprint density at radius 3 is 2.05 bits per heavy atom. The van der Waals surface area contributed by atoms with Gasteiger partial charge in [-0.25, -0.2) is 0 Å². The molecule has 0 radical (unpaired) electrons. The molecule has 5 heteroatoms. The second-order valence-corrected chi connectivity index (χ2v) is 16.0. The van der Waals surface area contributed by atoms with Gasteiger partial charge < -0.3 is 18.6 Å². The summed E-state index contributed by atoms with van der Waals surface area (Å²) in [5.74, 6) is 0. The van der Waals surface area contributed by atoms with E-state index in [4.69, 9.17) is 18.6 Å². The second kappa shape index (κ2) is 14.9. The van der Waals surface area contributed by atoms with E-state index < -0.39 is 8.32 Å². The fourth-order valence-electron chi connectivity index (χ4n) is 5.49. The Morgan fingerprint density at radius 2 is 1.50 bits per heavy atom. The van der Waals surface area contributed by atoms with Crippen molar-refractivity contribution in [3.8, 4) is 0 Å². The second-order valence-electron chi connectivity index (χ2n) is 11.7. The van der Waals surface area contributed by atoms with Gasteiger partial charge in [-0.2, -0.15) is 0 Å². The van der Waals surface area contributed by atoms with Gasteiger partial charge in [0.05, 0.1) is 25.9 Å². The Balaban J connectivity index is 1.56. The average Bonchev–Trinajstić information content (AvgIpc) is 2.97. The normalized spacial score (nSPS) is 17.5. The van der Waals surface area contributed by atoms with Gasteiger partial charge in [0.25, 0.3) is 8.32 Å². The molecule has 0 amide bonds. The van der Waals surface area contributed by atoms with Crippen molar-refractivity contribution in [3.63, 3.8) is 0 Å². The van der Waals surface area contributed by atoms with Crippen molar-refractivity contribution in [2.75, 3.05) is 19.8 Å². The van der Waals surface area contributed by atoms with Gasteiger partial charge in [-0.1, -0.05) is 123 Å². The van der Waals surface area contributed by atoms with Crippen LogP contribution >= 0.6 is 0 Å². The lowest BCUT2D eigenvalue weighted by Crippen LogP contribution is -2.67. The number of hydrogen-bond acceptors (Lipinski definition) is 4. The quantitative estimate of drug-likeness (QED) is 0.167. The highest BCUT2D eigenvalue weighted by molar-refractivity contribution is 6.99. The Hall–Kier alpha value is -2.54. The van der Waals surface area contributed by atoms with Crippen molar-refractivity contribution in [1.82, 2.24) is 0 Å². The number of rotatable bonds is 13. The van der Waals surface area contributed by atoms with Crippen molar-refractivity contribution < 1.29 is 18.6 Å². The van der Waals surface area contributed by atoms with Crippen LogP contribution in [-0.4, -0.2) is 40.5 Å². The van der Waals surface area contributed by atoms with Crippen LogP contribution in [0.4, 0.5) is 0 Å². The van der Waals surface area contributed by atoms with Crippen molar-refractivity contribution >= 4 is 18.7 Å². The summed E-state index contributed by atoms with van der Waals surface area (Å²) >= 11 is 0. The minimum Gasteiger partial charge on any atom is -0.404 e. The maximum Gasteiger partial charge on any atom is 0.261 e. The van der Waals surface area contributed by atoms with Gasteiger partial charge in [-0.3, -0.25) is 0 Å². The van der Waals surface area contributed by atoms with Gasteiger partial charge in [0.1, 0.15) is 0 Å². The predicted molar refractivity (Wildman–Crippen MR) is 167 cm³/mol. The molecule has 0 aromatic heterocycles. The minimum atomic E-state index is -2.67. The van der Waals surface area contributed by atoms with Gasteiger partial charge in [-0.15, -0.1) is 0 Å². The molecule has 40 heavy (non-hydrogen) atoms. The fourth-order valence-corrected chi connectivity index (χ4v) is 10.1. The molecule has 4 nitrogen and oxygen atoms in total. The first-order valence-electron chi connectivity index (χ1n) is 14.7. The van der Waals surface area contributed by atoms with Crippen LogP contribution in [0.25, 0.3) is 0 Å². The van der Waals surface area contributed by atoms with E-state index in [0.717, 1.165) is 31.4 Å². The Labute approximate surface area is 242 Å². The van der Waals surface area contributed by atoms with Gasteiger partial charge >= 0.3 is 0 Å². The molecule has 1 heterocycles. The summed E-state index contributed by atoms with van der Waals surface area (Å²) < 4.78 is 25.5. The SMILES string of the molecule is C/C(=C\C(CO[Si](c1ccccc1)(c1ccccc1)C(C)(C)C)OCc1ccccc1)CCOC1CCCCO1. The average molecular weight is 559 g/mol. The van der Waals surface area contributed by atoms with Crippen molar-refractivity contribution in [2.24, 2.45) is 0 Å². The third-order valence-electron chi connectivity index (χ3n) is 7.60. The first kappa shape index (κ1) is 30.4. The molecule has 1 aliphatic rings. The van der Waals surface area contributed by atoms with Gasteiger partial charge in [0.15, 0.2) is 6.29 Å². The van der Waals surface area contributed by atoms with Crippen LogP contribution in [0.15, 0.2) is 103 Å². The lowest BCUT2D eigenvalue weighted by atomic mass is 10.1. The van der Waals surface area contributed by atoms with E-state index in [1.165, 1.54) is 22.4 Å². The minimum absolute atomic E-state index is 0.0647. The van der Waals surface area contributed by atoms with E-state index in [0.29, 0.717) is 19.8 Å². The molecular weight excluding hydrogens is 512 g/mol. The monoisotopic (exact) mass is 558 g/mol. The van der Waals surface area contributed by atoms with Crippen LogP contribution in [0.3, 0.4) is 0 Å². The van der Waals surface area contributed by atoms with Crippen LogP contribution in [0.2, 0.25) is 5.04 Å². The van der Waals surface area contributed by atoms with Crippen molar-refractivity contribution in [3.05, 3.63) is 108 Å². The molecule has 3 aromatic carbocycles. The molecule has 2 atom stereocenters. The maximum atomic E-state index is 7.24. The third kappa shape index (κ3) is 8.24. The van der Waals surface area contributed by atoms with Gasteiger partial charge in [-0.05, 0) is 53.6 Å². The van der Waals surface area contributed by atoms with Crippen molar-refractivity contribution in [2.45, 2.75) is 77.4 Å². The summed E-state index contributed by atoms with van der Waals surface area (Å²) in [7, 11) is -2.67. The molecule has 0 aliphatic carbocycles. The summed E-state index contributed by atoms with van der Waals surface area (Å²) in [6, 6.07) is 31.9. The van der Waals surface area contributed by atoms with E-state index >= 15 is 0 Å². The highest BCUT2D eigenvalue weighted by atomic mass is 28.4. The van der Waals surface area contributed by atoms with Gasteiger partial charge in [0, 0.05) is 6.61 Å². The topological polar surface area (TPSA) is 36.9 Å². The number of ether oxygens (including phenoxy) is 3. The molecule has 3 aromatic rings. The molecule has 0 bridgehead atoms. The Kier molecular flexibility index (Phi) is 11.3. The fraction of sp³-hybridized carbons (Fsp3) is 0.429. The Morgan fingerprint density at radius 1 is 0.900 bits per heavy atom. The zero-order chi connectivity index (χ0) is 28.3. The van der Waals surface area contributed by atoms with Gasteiger partial charge in [0.2, 0.25) is 0 Å². The van der Waals surface area contributed by atoms with Crippen LogP contribution in [0.5, 0.6) is 0 Å². The molecule has 1 aliphatic heterocycles. The van der Waals surface area contributed by atoms with Crippen molar-refractivity contribution in [1.29, 1.82) is 0 Å². The summed E-state index contributed by atoms with van der Waals surface area (Å²) in [5.41, 5.74) is 2.39. The van der Waals surface area contributed by atoms with E-state index in [2.05, 4.69) is 119 Å². The molecule has 214 valence electrons. The smallest absolute Gasteiger partial charge is 0.261 e. The largest absolute Gasteiger partial charge is 0.404 e. The summed E-state index contributed by atoms with van der Waals surface area (Å²) in [6.45, 7) is 11.5. The van der Waals surface area contributed by atoms with Crippen LogP contribution in [-0.2, 0) is 25.2 Å². The highest BCUT2D eigenvalue weighted by Crippen LogP contribution is 2.37. The molecule has 0 saturated carbocycles. The Bertz CT molecular complexity index is 1110. The number of hydrogen-bond donors (Lipinski definition) is 0. The van der Waals surface area contributed by atoms with Crippen LogP contribution in [0.1, 0.15) is 58.9 Å². The van der Waals surface area contributed by atoms with E-state index in [1.807, 2.05) is 6.07 Å². The van der Waals surface area contributed by atoms with Crippen LogP contribution < -0.4 is 10.4 Å². The summed E-state index contributed by atoms with van der Waals surface area (Å²) in [4.78, 5) is 0. The standard InChI is InChI=1S/C35H46O4Si/c1-29(23-25-37-34-22-14-15-24-36-34)26-31(38-27-30-16-8-5-9-17-30)28-39-40(35(2,3)4,32-18-10-6-11-19-32)33-20-12-7-13-21-33/h5-13,16-21,26,31,34H,14-15,22-25,27-28H2,1-4H3/b29-26+. The third-order valence-corrected chi connectivity index (χ3v) is 12.6. The highest BCUT2D eigenvalue weighted by Gasteiger charge is 2.50. The first-order valence-corrected chi connectivity index (χ1v) is 16.6. The molecule has 1 fully saturated rings. The molecular formula is C35H46O4Si. The first-order chi connectivity index (χ1) is 19.4. The molecule has 2 unspecified atom stereocenters. The van der Waals surface area contributed by atoms with Crippen LogP contribution in [0, 0.1) is 0 Å².